The summed E-state index contributed by atoms with van der Waals surface area (Å²) in [6.07, 6.45) is 2.69. The highest BCUT2D eigenvalue weighted by atomic mass is 16.1. The van der Waals surface area contributed by atoms with E-state index in [4.69, 9.17) is 11.5 Å². The molecule has 0 saturated carbocycles. The Bertz CT molecular complexity index is 396. The summed E-state index contributed by atoms with van der Waals surface area (Å²) in [5.41, 5.74) is 12.2. The summed E-state index contributed by atoms with van der Waals surface area (Å²) in [6, 6.07) is 3.26. The molecule has 0 aromatic carbocycles. The first-order valence-electron chi connectivity index (χ1n) is 5.79. The quantitative estimate of drug-likeness (QED) is 0.782. The van der Waals surface area contributed by atoms with E-state index < -0.39 is 0 Å². The predicted molar refractivity (Wildman–Crippen MR) is 69.6 cm³/mol. The molecule has 0 radical (unpaired) electrons. The Kier molecular flexibility index (Phi) is 4.23. The average Bonchev–Trinajstić information content (AvgIpc) is 2.14. The van der Waals surface area contributed by atoms with E-state index in [1.165, 1.54) is 0 Å². The van der Waals surface area contributed by atoms with Gasteiger partial charge in [0.25, 0.3) is 0 Å². The van der Waals surface area contributed by atoms with Crippen LogP contribution in [-0.4, -0.2) is 16.8 Å². The number of Topliss-reactive ketones (excluding diaryl/α,β-unsaturated/α-hetero) is 1. The molecule has 1 aromatic rings. The second-order valence-corrected chi connectivity index (χ2v) is 5.59. The SMILES string of the molecule is CC(C)(C)CC(N)CC(=O)c1cccnc1N. The van der Waals surface area contributed by atoms with Gasteiger partial charge in [0.2, 0.25) is 0 Å². The van der Waals surface area contributed by atoms with Crippen molar-refractivity contribution in [3.63, 3.8) is 0 Å². The fraction of sp³-hybridized carbons (Fsp3) is 0.538. The number of nitrogens with two attached hydrogens (primary N) is 2. The zero-order valence-corrected chi connectivity index (χ0v) is 10.7. The van der Waals surface area contributed by atoms with Gasteiger partial charge in [-0.15, -0.1) is 0 Å². The Hall–Kier alpha value is -1.42. The number of hydrogen-bond donors (Lipinski definition) is 2. The highest BCUT2D eigenvalue weighted by molar-refractivity contribution is 6.00. The summed E-state index contributed by atoms with van der Waals surface area (Å²) in [6.45, 7) is 6.32. The van der Waals surface area contributed by atoms with Crippen molar-refractivity contribution >= 4 is 11.6 Å². The zero-order chi connectivity index (χ0) is 13.1. The van der Waals surface area contributed by atoms with Crippen LogP contribution in [0, 0.1) is 5.41 Å². The minimum absolute atomic E-state index is 0.0349. The third-order valence-corrected chi connectivity index (χ3v) is 2.46. The van der Waals surface area contributed by atoms with E-state index in [0.29, 0.717) is 12.0 Å². The van der Waals surface area contributed by atoms with Crippen molar-refractivity contribution in [2.45, 2.75) is 39.7 Å². The molecule has 0 bridgehead atoms. The lowest BCUT2D eigenvalue weighted by molar-refractivity contribution is 0.0969. The molecule has 1 aromatic heterocycles. The molecule has 1 atom stereocenters. The number of rotatable bonds is 4. The summed E-state index contributed by atoms with van der Waals surface area (Å²) >= 11 is 0. The molecule has 4 nitrogen and oxygen atoms in total. The fourth-order valence-electron chi connectivity index (χ4n) is 1.86. The maximum atomic E-state index is 12.0. The largest absolute Gasteiger partial charge is 0.383 e. The number of anilines is 1. The molecule has 1 heterocycles. The van der Waals surface area contributed by atoms with Gasteiger partial charge in [-0.2, -0.15) is 0 Å². The van der Waals surface area contributed by atoms with E-state index in [0.717, 1.165) is 6.42 Å². The van der Waals surface area contributed by atoms with Crippen LogP contribution in [-0.2, 0) is 0 Å². The molecule has 0 aliphatic carbocycles. The average molecular weight is 235 g/mol. The minimum Gasteiger partial charge on any atom is -0.383 e. The molecule has 0 aliphatic heterocycles. The molecular weight excluding hydrogens is 214 g/mol. The van der Waals surface area contributed by atoms with Gasteiger partial charge in [-0.3, -0.25) is 4.79 Å². The van der Waals surface area contributed by atoms with Gasteiger partial charge in [0.1, 0.15) is 5.82 Å². The lowest BCUT2D eigenvalue weighted by Crippen LogP contribution is -2.29. The lowest BCUT2D eigenvalue weighted by Gasteiger charge is -2.22. The van der Waals surface area contributed by atoms with Crippen molar-refractivity contribution in [2.75, 3.05) is 5.73 Å². The molecular formula is C13H21N3O. The van der Waals surface area contributed by atoms with E-state index >= 15 is 0 Å². The van der Waals surface area contributed by atoms with Gasteiger partial charge in [0.05, 0.1) is 5.56 Å². The Morgan fingerprint density at radius 1 is 1.47 bits per heavy atom. The summed E-state index contributed by atoms with van der Waals surface area (Å²) < 4.78 is 0. The van der Waals surface area contributed by atoms with Crippen LogP contribution >= 0.6 is 0 Å². The maximum absolute atomic E-state index is 12.0. The molecule has 94 valence electrons. The smallest absolute Gasteiger partial charge is 0.168 e. The second kappa shape index (κ2) is 5.27. The lowest BCUT2D eigenvalue weighted by atomic mass is 9.86. The van der Waals surface area contributed by atoms with Crippen LogP contribution in [0.15, 0.2) is 18.3 Å². The number of aromatic nitrogens is 1. The van der Waals surface area contributed by atoms with Crippen LogP contribution in [0.2, 0.25) is 0 Å². The van der Waals surface area contributed by atoms with Crippen LogP contribution in [0.5, 0.6) is 0 Å². The van der Waals surface area contributed by atoms with Crippen LogP contribution < -0.4 is 11.5 Å². The molecule has 0 spiro atoms. The van der Waals surface area contributed by atoms with Gasteiger partial charge >= 0.3 is 0 Å². The molecule has 0 fully saturated rings. The molecule has 4 N–H and O–H groups in total. The Balaban J connectivity index is 2.64. The van der Waals surface area contributed by atoms with Crippen LogP contribution in [0.1, 0.15) is 44.0 Å². The van der Waals surface area contributed by atoms with Gasteiger partial charge in [-0.05, 0) is 24.0 Å². The molecule has 0 aliphatic rings. The number of pyridine rings is 1. The van der Waals surface area contributed by atoms with Crippen LogP contribution in [0.3, 0.4) is 0 Å². The Morgan fingerprint density at radius 3 is 2.65 bits per heavy atom. The highest BCUT2D eigenvalue weighted by Crippen LogP contribution is 2.22. The van der Waals surface area contributed by atoms with Gasteiger partial charge in [0, 0.05) is 18.7 Å². The van der Waals surface area contributed by atoms with Crippen LogP contribution in [0.25, 0.3) is 0 Å². The molecule has 0 saturated heterocycles. The van der Waals surface area contributed by atoms with E-state index in [-0.39, 0.29) is 23.1 Å². The van der Waals surface area contributed by atoms with Gasteiger partial charge in [-0.25, -0.2) is 4.98 Å². The summed E-state index contributed by atoms with van der Waals surface area (Å²) in [5, 5.41) is 0. The van der Waals surface area contributed by atoms with Gasteiger partial charge < -0.3 is 11.5 Å². The van der Waals surface area contributed by atoms with Crippen molar-refractivity contribution < 1.29 is 4.79 Å². The topological polar surface area (TPSA) is 82.0 Å². The monoisotopic (exact) mass is 235 g/mol. The number of carbonyl (C=O) groups is 1. The minimum atomic E-state index is -0.137. The van der Waals surface area contributed by atoms with Gasteiger partial charge in [-0.1, -0.05) is 20.8 Å². The predicted octanol–water partition coefficient (Wildman–Crippen LogP) is 2.00. The summed E-state index contributed by atoms with van der Waals surface area (Å²) in [5.74, 6) is 0.243. The third kappa shape index (κ3) is 4.53. The Morgan fingerprint density at radius 2 is 2.12 bits per heavy atom. The third-order valence-electron chi connectivity index (χ3n) is 2.46. The molecule has 0 amide bonds. The normalized spacial score (nSPS) is 13.4. The number of nitrogens with zero attached hydrogens (tertiary/aromatic N) is 1. The summed E-state index contributed by atoms with van der Waals surface area (Å²) in [4.78, 5) is 15.9. The maximum Gasteiger partial charge on any atom is 0.168 e. The van der Waals surface area contributed by atoms with E-state index in [2.05, 4.69) is 25.8 Å². The zero-order valence-electron chi connectivity index (χ0n) is 10.7. The molecule has 1 unspecified atom stereocenters. The number of hydrogen-bond acceptors (Lipinski definition) is 4. The standard InChI is InChI=1S/C13H21N3O/c1-13(2,3)8-9(14)7-11(17)10-5-4-6-16-12(10)15/h4-6,9H,7-8,14H2,1-3H3,(H2,15,16). The van der Waals surface area contributed by atoms with E-state index in [1.807, 2.05) is 0 Å². The van der Waals surface area contributed by atoms with Crippen LogP contribution in [0.4, 0.5) is 5.82 Å². The van der Waals surface area contributed by atoms with E-state index in [9.17, 15) is 4.79 Å². The molecule has 1 rings (SSSR count). The van der Waals surface area contributed by atoms with Crippen molar-refractivity contribution in [1.82, 2.24) is 4.98 Å². The Labute approximate surface area is 102 Å². The van der Waals surface area contributed by atoms with Gasteiger partial charge in [0.15, 0.2) is 5.78 Å². The van der Waals surface area contributed by atoms with Crippen molar-refractivity contribution in [3.8, 4) is 0 Å². The number of nitrogen functional groups attached to an aromatic ring is 1. The first-order chi connectivity index (χ1) is 7.79. The van der Waals surface area contributed by atoms with Crippen molar-refractivity contribution in [2.24, 2.45) is 11.1 Å². The number of carbonyl (C=O) groups excluding carboxylic acids is 1. The first-order valence-corrected chi connectivity index (χ1v) is 5.79. The fourth-order valence-corrected chi connectivity index (χ4v) is 1.86. The second-order valence-electron chi connectivity index (χ2n) is 5.59. The van der Waals surface area contributed by atoms with Crippen molar-refractivity contribution in [3.05, 3.63) is 23.9 Å². The highest BCUT2D eigenvalue weighted by Gasteiger charge is 2.19. The summed E-state index contributed by atoms with van der Waals surface area (Å²) in [7, 11) is 0. The molecule has 17 heavy (non-hydrogen) atoms. The number of ketones is 1. The van der Waals surface area contributed by atoms with Crippen molar-refractivity contribution in [1.29, 1.82) is 0 Å². The molecule has 4 heteroatoms. The van der Waals surface area contributed by atoms with E-state index in [1.54, 1.807) is 18.3 Å². The first kappa shape index (κ1) is 13.6.